The van der Waals surface area contributed by atoms with E-state index in [0.29, 0.717) is 35.2 Å². The van der Waals surface area contributed by atoms with Crippen LogP contribution in [0.5, 0.6) is 0 Å². The first kappa shape index (κ1) is 14.3. The van der Waals surface area contributed by atoms with Crippen LogP contribution in [0, 0.1) is 5.82 Å². The number of anilines is 2. The van der Waals surface area contributed by atoms with Crippen molar-refractivity contribution in [3.05, 3.63) is 22.4 Å². The van der Waals surface area contributed by atoms with Gasteiger partial charge >= 0.3 is 0 Å². The predicted molar refractivity (Wildman–Crippen MR) is 72.5 cm³/mol. The summed E-state index contributed by atoms with van der Waals surface area (Å²) in [6.45, 7) is 4.24. The van der Waals surface area contributed by atoms with E-state index in [9.17, 15) is 9.50 Å². The maximum Gasteiger partial charge on any atom is 0.139 e. The number of hydrogen-bond acceptors (Lipinski definition) is 3. The van der Waals surface area contributed by atoms with Gasteiger partial charge < -0.3 is 16.2 Å². The van der Waals surface area contributed by atoms with E-state index in [4.69, 9.17) is 5.73 Å². The number of benzene rings is 1. The molecule has 1 aromatic rings. The Morgan fingerprint density at radius 1 is 1.41 bits per heavy atom. The van der Waals surface area contributed by atoms with E-state index in [1.54, 1.807) is 6.07 Å². The Morgan fingerprint density at radius 3 is 2.53 bits per heavy atom. The summed E-state index contributed by atoms with van der Waals surface area (Å²) in [4.78, 5) is 0. The van der Waals surface area contributed by atoms with E-state index < -0.39 is 11.4 Å². The Kier molecular flexibility index (Phi) is 4.77. The number of aliphatic hydroxyl groups is 1. The van der Waals surface area contributed by atoms with Gasteiger partial charge in [0, 0.05) is 12.6 Å². The zero-order valence-corrected chi connectivity index (χ0v) is 11.6. The Labute approximate surface area is 109 Å². The second-order valence-corrected chi connectivity index (χ2v) is 4.99. The molecule has 1 aromatic carbocycles. The highest BCUT2D eigenvalue weighted by Crippen LogP contribution is 2.27. The lowest BCUT2D eigenvalue weighted by Crippen LogP contribution is -2.35. The molecular formula is C12H18BrFN2O. The number of nitrogens with two attached hydrogens (primary N) is 1. The Hall–Kier alpha value is -0.810. The molecule has 0 heterocycles. The predicted octanol–water partition coefficient (Wildman–Crippen LogP) is 3.13. The summed E-state index contributed by atoms with van der Waals surface area (Å²) in [6, 6.07) is 2.83. The second-order valence-electron chi connectivity index (χ2n) is 4.14. The molecule has 0 spiro atoms. The van der Waals surface area contributed by atoms with Gasteiger partial charge in [-0.2, -0.15) is 0 Å². The van der Waals surface area contributed by atoms with Crippen molar-refractivity contribution >= 4 is 27.3 Å². The summed E-state index contributed by atoms with van der Waals surface area (Å²) in [5.41, 5.74) is 5.90. The van der Waals surface area contributed by atoms with Crippen molar-refractivity contribution in [2.24, 2.45) is 0 Å². The van der Waals surface area contributed by atoms with Crippen molar-refractivity contribution in [1.29, 1.82) is 0 Å². The van der Waals surface area contributed by atoms with Crippen LogP contribution in [0.15, 0.2) is 16.6 Å². The van der Waals surface area contributed by atoms with Crippen LogP contribution in [-0.4, -0.2) is 17.3 Å². The van der Waals surface area contributed by atoms with Gasteiger partial charge in [-0.1, -0.05) is 13.8 Å². The first-order chi connectivity index (χ1) is 7.91. The molecule has 17 heavy (non-hydrogen) atoms. The minimum atomic E-state index is -0.757. The van der Waals surface area contributed by atoms with Gasteiger partial charge in [0.25, 0.3) is 0 Å². The quantitative estimate of drug-likeness (QED) is 0.733. The number of nitrogen functional groups attached to an aromatic ring is 1. The van der Waals surface area contributed by atoms with E-state index in [2.05, 4.69) is 21.2 Å². The number of rotatable bonds is 5. The lowest BCUT2D eigenvalue weighted by molar-refractivity contribution is 0.0457. The molecule has 1 rings (SSSR count). The standard InChI is InChI=1S/C12H18BrFN2O/c1-3-12(17,4-2)7-16-11-5-8(13)9(14)6-10(11)15/h5-6,16-17H,3-4,7,15H2,1-2H3. The van der Waals surface area contributed by atoms with Crippen molar-refractivity contribution < 1.29 is 9.50 Å². The van der Waals surface area contributed by atoms with Crippen LogP contribution in [0.25, 0.3) is 0 Å². The lowest BCUT2D eigenvalue weighted by atomic mass is 9.97. The third kappa shape index (κ3) is 3.57. The number of nitrogens with one attached hydrogen (secondary N) is 1. The molecule has 0 amide bonds. The average molecular weight is 305 g/mol. The Bertz CT molecular complexity index is 394. The zero-order valence-electron chi connectivity index (χ0n) is 10.1. The van der Waals surface area contributed by atoms with E-state index in [-0.39, 0.29) is 0 Å². The van der Waals surface area contributed by atoms with Crippen LogP contribution in [0.2, 0.25) is 0 Å². The normalized spacial score (nSPS) is 11.6. The van der Waals surface area contributed by atoms with Crippen LogP contribution in [0.4, 0.5) is 15.8 Å². The topological polar surface area (TPSA) is 58.3 Å². The molecule has 0 saturated carbocycles. The summed E-state index contributed by atoms with van der Waals surface area (Å²) in [5, 5.41) is 13.2. The third-order valence-electron chi connectivity index (χ3n) is 3.02. The van der Waals surface area contributed by atoms with Crippen molar-refractivity contribution in [2.75, 3.05) is 17.6 Å². The van der Waals surface area contributed by atoms with Crippen LogP contribution < -0.4 is 11.1 Å². The van der Waals surface area contributed by atoms with Crippen molar-refractivity contribution in [1.82, 2.24) is 0 Å². The molecule has 0 bridgehead atoms. The Morgan fingerprint density at radius 2 is 2.00 bits per heavy atom. The highest BCUT2D eigenvalue weighted by atomic mass is 79.9. The summed E-state index contributed by atoms with van der Waals surface area (Å²) in [6.07, 6.45) is 1.30. The molecule has 5 heteroatoms. The van der Waals surface area contributed by atoms with E-state index in [1.165, 1.54) is 6.07 Å². The van der Waals surface area contributed by atoms with Gasteiger partial charge in [-0.3, -0.25) is 0 Å². The molecular weight excluding hydrogens is 287 g/mol. The van der Waals surface area contributed by atoms with Crippen LogP contribution >= 0.6 is 15.9 Å². The van der Waals surface area contributed by atoms with Crippen LogP contribution in [-0.2, 0) is 0 Å². The van der Waals surface area contributed by atoms with Gasteiger partial charge in [-0.25, -0.2) is 4.39 Å². The first-order valence-corrected chi connectivity index (χ1v) is 6.42. The molecule has 0 radical (unpaired) electrons. The van der Waals surface area contributed by atoms with E-state index in [0.717, 1.165) is 0 Å². The minimum Gasteiger partial charge on any atom is -0.397 e. The van der Waals surface area contributed by atoms with E-state index in [1.807, 2.05) is 13.8 Å². The molecule has 0 saturated heterocycles. The highest BCUT2D eigenvalue weighted by Gasteiger charge is 2.22. The second kappa shape index (κ2) is 5.69. The highest BCUT2D eigenvalue weighted by molar-refractivity contribution is 9.10. The molecule has 0 atom stereocenters. The van der Waals surface area contributed by atoms with Crippen molar-refractivity contribution in [3.8, 4) is 0 Å². The maximum absolute atomic E-state index is 13.2. The van der Waals surface area contributed by atoms with Gasteiger partial charge in [0.05, 0.1) is 21.4 Å². The molecule has 0 aromatic heterocycles. The Balaban J connectivity index is 2.79. The summed E-state index contributed by atoms with van der Waals surface area (Å²) in [5.74, 6) is -0.394. The van der Waals surface area contributed by atoms with Crippen molar-refractivity contribution in [3.63, 3.8) is 0 Å². The lowest BCUT2D eigenvalue weighted by Gasteiger charge is -2.26. The minimum absolute atomic E-state index is 0.334. The van der Waals surface area contributed by atoms with Gasteiger partial charge in [0.15, 0.2) is 0 Å². The van der Waals surface area contributed by atoms with Gasteiger partial charge in [0.2, 0.25) is 0 Å². The van der Waals surface area contributed by atoms with Crippen LogP contribution in [0.1, 0.15) is 26.7 Å². The fraction of sp³-hybridized carbons (Fsp3) is 0.500. The first-order valence-electron chi connectivity index (χ1n) is 5.62. The molecule has 0 aliphatic rings. The van der Waals surface area contributed by atoms with Gasteiger partial charge in [-0.15, -0.1) is 0 Å². The fourth-order valence-corrected chi connectivity index (χ4v) is 1.82. The monoisotopic (exact) mass is 304 g/mol. The van der Waals surface area contributed by atoms with Gasteiger partial charge in [-0.05, 0) is 34.8 Å². The molecule has 0 unspecified atom stereocenters. The summed E-state index contributed by atoms with van der Waals surface area (Å²) in [7, 11) is 0. The number of halogens is 2. The molecule has 4 N–H and O–H groups in total. The average Bonchev–Trinajstić information content (AvgIpc) is 2.32. The van der Waals surface area contributed by atoms with E-state index >= 15 is 0 Å². The zero-order chi connectivity index (χ0) is 13.1. The van der Waals surface area contributed by atoms with Crippen molar-refractivity contribution in [2.45, 2.75) is 32.3 Å². The smallest absolute Gasteiger partial charge is 0.139 e. The maximum atomic E-state index is 13.2. The van der Waals surface area contributed by atoms with Gasteiger partial charge in [0.1, 0.15) is 5.82 Å². The largest absolute Gasteiger partial charge is 0.397 e. The summed E-state index contributed by atoms with van der Waals surface area (Å²) >= 11 is 3.10. The third-order valence-corrected chi connectivity index (χ3v) is 3.62. The molecule has 0 aliphatic carbocycles. The molecule has 0 fully saturated rings. The molecule has 3 nitrogen and oxygen atoms in total. The van der Waals surface area contributed by atoms with Crippen LogP contribution in [0.3, 0.4) is 0 Å². The molecule has 0 aliphatic heterocycles. The molecule has 96 valence electrons. The number of hydrogen-bond donors (Lipinski definition) is 3. The summed E-state index contributed by atoms with van der Waals surface area (Å²) < 4.78 is 13.5. The SMILES string of the molecule is CCC(O)(CC)CNc1cc(Br)c(F)cc1N. The fourth-order valence-electron chi connectivity index (χ4n) is 1.48.